The fraction of sp³-hybridized carbons (Fsp3) is 0.467. The minimum absolute atomic E-state index is 0.199. The molecule has 1 fully saturated rings. The highest BCUT2D eigenvalue weighted by Crippen LogP contribution is 2.38. The highest BCUT2D eigenvalue weighted by Gasteiger charge is 2.28. The second-order valence-electron chi connectivity index (χ2n) is 5.20. The van der Waals surface area contributed by atoms with E-state index < -0.39 is 6.10 Å². The molecule has 0 spiro atoms. The van der Waals surface area contributed by atoms with Gasteiger partial charge in [0, 0.05) is 5.92 Å². The molecule has 1 aliphatic carbocycles. The Morgan fingerprint density at radius 2 is 2.19 bits per heavy atom. The summed E-state index contributed by atoms with van der Waals surface area (Å²) in [7, 11) is 1.56. The lowest BCUT2D eigenvalue weighted by atomic mass is 10.1. The van der Waals surface area contributed by atoms with Crippen molar-refractivity contribution in [2.45, 2.75) is 38.4 Å². The molecule has 0 radical (unpaired) electrons. The second kappa shape index (κ2) is 5.73. The molecule has 0 saturated heterocycles. The molecule has 0 unspecified atom stereocenters. The van der Waals surface area contributed by atoms with E-state index in [0.29, 0.717) is 23.3 Å². The van der Waals surface area contributed by atoms with E-state index in [4.69, 9.17) is 14.0 Å². The Kier molecular flexibility index (Phi) is 3.79. The average molecular weight is 290 g/mol. The van der Waals surface area contributed by atoms with Crippen LogP contribution in [0.3, 0.4) is 0 Å². The van der Waals surface area contributed by atoms with Gasteiger partial charge in [0.05, 0.1) is 13.2 Å². The van der Waals surface area contributed by atoms with E-state index in [1.54, 1.807) is 32.2 Å². The van der Waals surface area contributed by atoms with Gasteiger partial charge in [0.25, 0.3) is 5.89 Å². The quantitative estimate of drug-likeness (QED) is 0.881. The van der Waals surface area contributed by atoms with E-state index in [1.807, 2.05) is 0 Å². The number of aromatic nitrogens is 2. The normalized spacial score (nSPS) is 15.8. The van der Waals surface area contributed by atoms with Crippen LogP contribution in [0.15, 0.2) is 22.7 Å². The molecule has 0 aliphatic heterocycles. The molecule has 21 heavy (non-hydrogen) atoms. The molecule has 1 heterocycles. The largest absolute Gasteiger partial charge is 0.493 e. The van der Waals surface area contributed by atoms with Gasteiger partial charge in [-0.3, -0.25) is 0 Å². The van der Waals surface area contributed by atoms with Crippen molar-refractivity contribution in [3.05, 3.63) is 35.5 Å². The zero-order valence-corrected chi connectivity index (χ0v) is 12.1. The number of benzene rings is 1. The summed E-state index contributed by atoms with van der Waals surface area (Å²) in [5.74, 6) is 2.83. The zero-order chi connectivity index (χ0) is 14.8. The molecule has 1 aliphatic rings. The number of hydrogen-bond acceptors (Lipinski definition) is 6. The van der Waals surface area contributed by atoms with Gasteiger partial charge in [0.2, 0.25) is 0 Å². The van der Waals surface area contributed by atoms with Gasteiger partial charge in [-0.15, -0.1) is 0 Å². The smallest absolute Gasteiger partial charge is 0.264 e. The maximum atomic E-state index is 9.57. The van der Waals surface area contributed by atoms with Gasteiger partial charge in [-0.05, 0) is 37.5 Å². The number of aliphatic hydroxyl groups is 1. The van der Waals surface area contributed by atoms with Crippen LogP contribution in [0.25, 0.3) is 0 Å². The number of ether oxygens (including phenoxy) is 2. The summed E-state index contributed by atoms with van der Waals surface area (Å²) < 4.78 is 16.1. The molecule has 6 heteroatoms. The van der Waals surface area contributed by atoms with Crippen molar-refractivity contribution in [2.75, 3.05) is 7.11 Å². The molecule has 3 rings (SSSR count). The van der Waals surface area contributed by atoms with E-state index in [2.05, 4.69) is 10.1 Å². The Morgan fingerprint density at radius 1 is 1.38 bits per heavy atom. The summed E-state index contributed by atoms with van der Waals surface area (Å²) in [5.41, 5.74) is 0.771. The predicted molar refractivity (Wildman–Crippen MR) is 74.2 cm³/mol. The van der Waals surface area contributed by atoms with Crippen LogP contribution in [0, 0.1) is 0 Å². The van der Waals surface area contributed by atoms with E-state index in [0.717, 1.165) is 24.2 Å². The summed E-state index contributed by atoms with van der Waals surface area (Å²) in [4.78, 5) is 4.31. The SMILES string of the molecule is COc1cc([C@@H](C)O)ccc1OCc1nc(C2CC2)no1. The van der Waals surface area contributed by atoms with Crippen LogP contribution in [0.5, 0.6) is 11.5 Å². The van der Waals surface area contributed by atoms with Crippen molar-refractivity contribution in [3.8, 4) is 11.5 Å². The van der Waals surface area contributed by atoms with Gasteiger partial charge in [-0.25, -0.2) is 0 Å². The summed E-state index contributed by atoms with van der Waals surface area (Å²) in [6.07, 6.45) is 1.72. The van der Waals surface area contributed by atoms with E-state index in [-0.39, 0.29) is 6.61 Å². The Labute approximate surface area is 122 Å². The number of methoxy groups -OCH3 is 1. The molecule has 0 bridgehead atoms. The third-order valence-corrected chi connectivity index (χ3v) is 3.45. The van der Waals surface area contributed by atoms with Crippen molar-refractivity contribution in [2.24, 2.45) is 0 Å². The van der Waals surface area contributed by atoms with Crippen LogP contribution in [-0.4, -0.2) is 22.4 Å². The predicted octanol–water partition coefficient (Wildman–Crippen LogP) is 2.59. The maximum Gasteiger partial charge on any atom is 0.264 e. The molecule has 0 amide bonds. The fourth-order valence-electron chi connectivity index (χ4n) is 2.04. The van der Waals surface area contributed by atoms with Crippen LogP contribution in [0.1, 0.15) is 49.1 Å². The summed E-state index contributed by atoms with van der Waals surface area (Å²) in [6.45, 7) is 1.90. The molecular weight excluding hydrogens is 272 g/mol. The van der Waals surface area contributed by atoms with Gasteiger partial charge >= 0.3 is 0 Å². The summed E-state index contributed by atoms with van der Waals surface area (Å²) in [6, 6.07) is 5.31. The van der Waals surface area contributed by atoms with Gasteiger partial charge in [0.1, 0.15) is 0 Å². The lowest BCUT2D eigenvalue weighted by molar-refractivity contribution is 0.198. The Bertz CT molecular complexity index is 620. The summed E-state index contributed by atoms with van der Waals surface area (Å²) in [5, 5.41) is 13.5. The molecule has 1 saturated carbocycles. The Morgan fingerprint density at radius 3 is 2.86 bits per heavy atom. The minimum Gasteiger partial charge on any atom is -0.493 e. The highest BCUT2D eigenvalue weighted by molar-refractivity contribution is 5.43. The molecule has 1 aromatic heterocycles. The molecule has 2 aromatic rings. The molecule has 1 aromatic carbocycles. The maximum absolute atomic E-state index is 9.57. The minimum atomic E-state index is -0.551. The zero-order valence-electron chi connectivity index (χ0n) is 12.1. The lowest BCUT2D eigenvalue weighted by Crippen LogP contribution is -2.00. The monoisotopic (exact) mass is 290 g/mol. The van der Waals surface area contributed by atoms with Crippen LogP contribution in [0.2, 0.25) is 0 Å². The summed E-state index contributed by atoms with van der Waals surface area (Å²) >= 11 is 0. The van der Waals surface area contributed by atoms with Crippen molar-refractivity contribution in [3.63, 3.8) is 0 Å². The number of rotatable bonds is 6. The van der Waals surface area contributed by atoms with Crippen molar-refractivity contribution in [1.82, 2.24) is 10.1 Å². The average Bonchev–Trinajstić information content (AvgIpc) is 3.24. The van der Waals surface area contributed by atoms with Gasteiger partial charge in [0.15, 0.2) is 23.9 Å². The van der Waals surface area contributed by atoms with E-state index in [9.17, 15) is 5.11 Å². The Balaban J connectivity index is 1.68. The molecule has 112 valence electrons. The van der Waals surface area contributed by atoms with E-state index in [1.165, 1.54) is 0 Å². The first-order valence-electron chi connectivity index (χ1n) is 6.98. The number of aliphatic hydroxyl groups excluding tert-OH is 1. The topological polar surface area (TPSA) is 77.6 Å². The molecule has 6 nitrogen and oxygen atoms in total. The first-order chi connectivity index (χ1) is 10.2. The molecule has 1 N–H and O–H groups in total. The van der Waals surface area contributed by atoms with Crippen LogP contribution in [0.4, 0.5) is 0 Å². The first-order valence-corrected chi connectivity index (χ1v) is 6.98. The first kappa shape index (κ1) is 13.9. The van der Waals surface area contributed by atoms with E-state index >= 15 is 0 Å². The van der Waals surface area contributed by atoms with Gasteiger partial charge in [-0.1, -0.05) is 11.2 Å². The molecule has 1 atom stereocenters. The van der Waals surface area contributed by atoms with Crippen molar-refractivity contribution >= 4 is 0 Å². The molecular formula is C15H18N2O4. The van der Waals surface area contributed by atoms with Gasteiger partial charge in [-0.2, -0.15) is 4.98 Å². The van der Waals surface area contributed by atoms with Crippen LogP contribution in [-0.2, 0) is 6.61 Å². The van der Waals surface area contributed by atoms with Crippen molar-refractivity contribution < 1.29 is 19.1 Å². The third-order valence-electron chi connectivity index (χ3n) is 3.45. The third kappa shape index (κ3) is 3.16. The van der Waals surface area contributed by atoms with Crippen molar-refractivity contribution in [1.29, 1.82) is 0 Å². The van der Waals surface area contributed by atoms with Crippen LogP contribution >= 0.6 is 0 Å². The van der Waals surface area contributed by atoms with Gasteiger partial charge < -0.3 is 19.1 Å². The second-order valence-corrected chi connectivity index (χ2v) is 5.20. The van der Waals surface area contributed by atoms with Crippen LogP contribution < -0.4 is 9.47 Å². The number of hydrogen-bond donors (Lipinski definition) is 1. The fourth-order valence-corrected chi connectivity index (χ4v) is 2.04. The lowest BCUT2D eigenvalue weighted by Gasteiger charge is -2.12. The Hall–Kier alpha value is -2.08. The highest BCUT2D eigenvalue weighted by atomic mass is 16.5. The number of nitrogens with zero attached hydrogens (tertiary/aromatic N) is 2. The standard InChI is InChI=1S/C15H18N2O4/c1-9(18)11-5-6-12(13(7-11)19-2)20-8-14-16-15(17-21-14)10-3-4-10/h5-7,9-10,18H,3-4,8H2,1-2H3/t9-/m1/s1.